The molecule has 0 atom stereocenters. The fourth-order valence-corrected chi connectivity index (χ4v) is 2.40. The molecular formula is C13H15Br. The summed E-state index contributed by atoms with van der Waals surface area (Å²) in [4.78, 5) is 0. The van der Waals surface area contributed by atoms with Crippen molar-refractivity contribution in [2.24, 2.45) is 0 Å². The summed E-state index contributed by atoms with van der Waals surface area (Å²) in [7, 11) is 0. The van der Waals surface area contributed by atoms with Crippen molar-refractivity contribution in [3.63, 3.8) is 0 Å². The average Bonchev–Trinajstić information content (AvgIpc) is 2.63. The first kappa shape index (κ1) is 9.97. The summed E-state index contributed by atoms with van der Waals surface area (Å²) in [5.41, 5.74) is 4.55. The predicted octanol–water partition coefficient (Wildman–Crippen LogP) is 4.19. The van der Waals surface area contributed by atoms with E-state index in [4.69, 9.17) is 0 Å². The number of benzene rings is 1. The van der Waals surface area contributed by atoms with Crippen molar-refractivity contribution in [1.29, 1.82) is 0 Å². The quantitative estimate of drug-likeness (QED) is 0.556. The second-order valence-corrected chi connectivity index (χ2v) is 4.53. The Bertz CT molecular complexity index is 339. The third kappa shape index (κ3) is 2.09. The predicted molar refractivity (Wildman–Crippen MR) is 65.8 cm³/mol. The molecule has 1 aromatic rings. The molecule has 0 saturated heterocycles. The van der Waals surface area contributed by atoms with Gasteiger partial charge in [-0.2, -0.15) is 0 Å². The first-order valence-electron chi connectivity index (χ1n) is 5.25. The molecule has 0 saturated carbocycles. The lowest BCUT2D eigenvalue weighted by Gasteiger charge is -2.04. The molecular weight excluding hydrogens is 236 g/mol. The van der Waals surface area contributed by atoms with Crippen LogP contribution < -0.4 is 0 Å². The highest BCUT2D eigenvalue weighted by atomic mass is 79.9. The number of halogens is 1. The van der Waals surface area contributed by atoms with Crippen molar-refractivity contribution < 1.29 is 0 Å². The summed E-state index contributed by atoms with van der Waals surface area (Å²) in [5.74, 6) is 0. The minimum absolute atomic E-state index is 1.13. The first-order chi connectivity index (χ1) is 6.92. The second-order valence-electron chi connectivity index (χ2n) is 3.74. The van der Waals surface area contributed by atoms with Crippen LogP contribution in [0, 0.1) is 0 Å². The molecule has 1 aromatic carbocycles. The molecule has 0 N–H and O–H groups in total. The minimum atomic E-state index is 1.13. The molecule has 0 amide bonds. The summed E-state index contributed by atoms with van der Waals surface area (Å²) < 4.78 is 0. The lowest BCUT2D eigenvalue weighted by atomic mass is 10.0. The molecule has 2 rings (SSSR count). The highest BCUT2D eigenvalue weighted by Crippen LogP contribution is 2.30. The zero-order chi connectivity index (χ0) is 9.80. The van der Waals surface area contributed by atoms with E-state index in [9.17, 15) is 0 Å². The Kier molecular flexibility index (Phi) is 3.41. The van der Waals surface area contributed by atoms with Gasteiger partial charge in [0.05, 0.1) is 0 Å². The van der Waals surface area contributed by atoms with E-state index in [-0.39, 0.29) is 0 Å². The van der Waals surface area contributed by atoms with Crippen LogP contribution in [0.5, 0.6) is 0 Å². The Balaban J connectivity index is 2.02. The maximum Gasteiger partial charge on any atom is 0.00314 e. The van der Waals surface area contributed by atoms with Crippen LogP contribution in [-0.2, 0) is 6.42 Å². The highest BCUT2D eigenvalue weighted by Gasteiger charge is 2.11. The molecule has 0 unspecified atom stereocenters. The normalized spacial score (nSPS) is 13.9. The van der Waals surface area contributed by atoms with Gasteiger partial charge in [0.25, 0.3) is 0 Å². The summed E-state index contributed by atoms with van der Waals surface area (Å²) in [5, 5.41) is 1.13. The van der Waals surface area contributed by atoms with Crippen LogP contribution in [-0.4, -0.2) is 5.33 Å². The fraction of sp³-hybridized carbons (Fsp3) is 0.385. The van der Waals surface area contributed by atoms with E-state index in [1.54, 1.807) is 5.57 Å². The standard InChI is InChI=1S/C13H15Br/c14-10-4-3-6-12-9-8-11-5-1-2-7-13(11)12/h1-2,5,7,9H,3-4,6,8,10H2. The number of fused-ring (bicyclic) bond motifs is 1. The van der Waals surface area contributed by atoms with Crippen molar-refractivity contribution in [3.8, 4) is 0 Å². The molecule has 14 heavy (non-hydrogen) atoms. The summed E-state index contributed by atoms with van der Waals surface area (Å²) in [6, 6.07) is 8.77. The molecule has 1 aliphatic carbocycles. The number of allylic oxidation sites excluding steroid dienone is 2. The molecule has 0 aromatic heterocycles. The fourth-order valence-electron chi connectivity index (χ4n) is 2.00. The van der Waals surface area contributed by atoms with Gasteiger partial charge in [-0.25, -0.2) is 0 Å². The van der Waals surface area contributed by atoms with Crippen molar-refractivity contribution in [2.75, 3.05) is 5.33 Å². The number of rotatable bonds is 4. The topological polar surface area (TPSA) is 0 Å². The molecule has 1 heteroatoms. The molecule has 0 aliphatic heterocycles. The van der Waals surface area contributed by atoms with Gasteiger partial charge in [0.15, 0.2) is 0 Å². The lowest BCUT2D eigenvalue weighted by Crippen LogP contribution is -1.85. The van der Waals surface area contributed by atoms with E-state index in [0.717, 1.165) is 11.8 Å². The Morgan fingerprint density at radius 3 is 2.86 bits per heavy atom. The van der Waals surface area contributed by atoms with Gasteiger partial charge >= 0.3 is 0 Å². The Hall–Kier alpha value is -0.560. The molecule has 0 heterocycles. The number of hydrogen-bond donors (Lipinski definition) is 0. The van der Waals surface area contributed by atoms with Crippen molar-refractivity contribution in [1.82, 2.24) is 0 Å². The Morgan fingerprint density at radius 2 is 2.00 bits per heavy atom. The number of unbranched alkanes of at least 4 members (excludes halogenated alkanes) is 1. The van der Waals surface area contributed by atoms with Crippen molar-refractivity contribution >= 4 is 21.5 Å². The van der Waals surface area contributed by atoms with Gasteiger partial charge in [-0.3, -0.25) is 0 Å². The zero-order valence-corrected chi connectivity index (χ0v) is 9.89. The molecule has 0 bridgehead atoms. The first-order valence-corrected chi connectivity index (χ1v) is 6.37. The van der Waals surface area contributed by atoms with Crippen molar-refractivity contribution in [3.05, 3.63) is 41.5 Å². The van der Waals surface area contributed by atoms with Gasteiger partial charge in [-0.15, -0.1) is 0 Å². The van der Waals surface area contributed by atoms with Crippen LogP contribution in [0.4, 0.5) is 0 Å². The van der Waals surface area contributed by atoms with Gasteiger partial charge in [-0.05, 0) is 42.4 Å². The van der Waals surface area contributed by atoms with Gasteiger partial charge in [0.2, 0.25) is 0 Å². The van der Waals surface area contributed by atoms with Crippen LogP contribution in [0.1, 0.15) is 30.4 Å². The van der Waals surface area contributed by atoms with Gasteiger partial charge in [-0.1, -0.05) is 46.3 Å². The second kappa shape index (κ2) is 4.79. The van der Waals surface area contributed by atoms with E-state index < -0.39 is 0 Å². The van der Waals surface area contributed by atoms with E-state index in [1.165, 1.54) is 30.4 Å². The maximum absolute atomic E-state index is 3.47. The van der Waals surface area contributed by atoms with Gasteiger partial charge in [0, 0.05) is 5.33 Å². The van der Waals surface area contributed by atoms with Gasteiger partial charge in [0.1, 0.15) is 0 Å². The monoisotopic (exact) mass is 250 g/mol. The summed E-state index contributed by atoms with van der Waals surface area (Å²) in [6.07, 6.45) is 7.34. The molecule has 1 aliphatic rings. The van der Waals surface area contributed by atoms with E-state index >= 15 is 0 Å². The van der Waals surface area contributed by atoms with Crippen LogP contribution in [0.2, 0.25) is 0 Å². The lowest BCUT2D eigenvalue weighted by molar-refractivity contribution is 0.837. The molecule has 0 fully saturated rings. The molecule has 74 valence electrons. The third-order valence-electron chi connectivity index (χ3n) is 2.76. The van der Waals surface area contributed by atoms with Crippen LogP contribution in [0.25, 0.3) is 5.57 Å². The largest absolute Gasteiger partial charge is 0.0928 e. The maximum atomic E-state index is 3.47. The smallest absolute Gasteiger partial charge is 0.00314 e. The van der Waals surface area contributed by atoms with E-state index in [0.29, 0.717) is 0 Å². The zero-order valence-electron chi connectivity index (χ0n) is 8.30. The van der Waals surface area contributed by atoms with Crippen LogP contribution in [0.3, 0.4) is 0 Å². The SMILES string of the molecule is BrCCCCC1=CCc2ccccc21. The van der Waals surface area contributed by atoms with E-state index in [2.05, 4.69) is 46.3 Å². The summed E-state index contributed by atoms with van der Waals surface area (Å²) >= 11 is 3.47. The number of hydrogen-bond acceptors (Lipinski definition) is 0. The highest BCUT2D eigenvalue weighted by molar-refractivity contribution is 9.09. The Labute approximate surface area is 94.2 Å². The van der Waals surface area contributed by atoms with Crippen LogP contribution in [0.15, 0.2) is 30.3 Å². The molecule has 0 spiro atoms. The minimum Gasteiger partial charge on any atom is -0.0928 e. The summed E-state index contributed by atoms with van der Waals surface area (Å²) in [6.45, 7) is 0. The Morgan fingerprint density at radius 1 is 1.14 bits per heavy atom. The molecule has 0 radical (unpaired) electrons. The van der Waals surface area contributed by atoms with E-state index in [1.807, 2.05) is 0 Å². The molecule has 0 nitrogen and oxygen atoms in total. The third-order valence-corrected chi connectivity index (χ3v) is 3.32. The number of alkyl halides is 1. The van der Waals surface area contributed by atoms with Crippen molar-refractivity contribution in [2.45, 2.75) is 25.7 Å². The average molecular weight is 251 g/mol. The van der Waals surface area contributed by atoms with Gasteiger partial charge < -0.3 is 0 Å². The van der Waals surface area contributed by atoms with Crippen LogP contribution >= 0.6 is 15.9 Å².